The molecule has 174 valence electrons. The van der Waals surface area contributed by atoms with E-state index in [-0.39, 0.29) is 11.9 Å². The first-order valence-electron chi connectivity index (χ1n) is 10.2. The van der Waals surface area contributed by atoms with Crippen molar-refractivity contribution in [3.05, 3.63) is 41.2 Å². The van der Waals surface area contributed by atoms with Gasteiger partial charge in [-0.15, -0.1) is 0 Å². The number of nitriles is 1. The summed E-state index contributed by atoms with van der Waals surface area (Å²) in [5.74, 6) is 0.105. The van der Waals surface area contributed by atoms with Gasteiger partial charge in [-0.2, -0.15) is 23.2 Å². The van der Waals surface area contributed by atoms with Gasteiger partial charge in [0.05, 0.1) is 23.5 Å². The molecule has 1 aliphatic rings. The van der Waals surface area contributed by atoms with Gasteiger partial charge in [-0.05, 0) is 38.0 Å². The molecule has 12 heteroatoms. The molecule has 2 heterocycles. The Hall–Kier alpha value is -2.68. The van der Waals surface area contributed by atoms with Crippen molar-refractivity contribution < 1.29 is 21.6 Å². The Balaban J connectivity index is 1.81. The molecule has 1 fully saturated rings. The Morgan fingerprint density at radius 1 is 1.24 bits per heavy atom. The molecular formula is C21H19ClF3N5O2S. The number of rotatable bonds is 5. The lowest BCUT2D eigenvalue weighted by Crippen LogP contribution is -2.43. The average molecular weight is 498 g/mol. The van der Waals surface area contributed by atoms with Crippen molar-refractivity contribution in [2.45, 2.75) is 55.8 Å². The molecule has 0 amide bonds. The highest BCUT2D eigenvalue weighted by Crippen LogP contribution is 2.41. The summed E-state index contributed by atoms with van der Waals surface area (Å²) >= 11 is 6.16. The zero-order valence-corrected chi connectivity index (χ0v) is 19.0. The molecule has 0 radical (unpaired) electrons. The summed E-state index contributed by atoms with van der Waals surface area (Å²) in [4.78, 5) is 7.75. The minimum absolute atomic E-state index is 0.104. The molecule has 2 aromatic heterocycles. The zero-order valence-electron chi connectivity index (χ0n) is 17.4. The van der Waals surface area contributed by atoms with Gasteiger partial charge in [0, 0.05) is 16.5 Å². The second-order valence-electron chi connectivity index (χ2n) is 7.93. The summed E-state index contributed by atoms with van der Waals surface area (Å²) in [7, 11) is -4.50. The Kier molecular flexibility index (Phi) is 6.11. The number of sulfonamides is 1. The van der Waals surface area contributed by atoms with Crippen LogP contribution in [0.1, 0.15) is 44.2 Å². The molecule has 1 N–H and O–H groups in total. The Bertz CT molecular complexity index is 1340. The normalized spacial score (nSPS) is 16.2. The molecule has 0 bridgehead atoms. The Labute approximate surface area is 193 Å². The smallest absolute Gasteiger partial charge is 0.334 e. The van der Waals surface area contributed by atoms with Gasteiger partial charge in [0.15, 0.2) is 5.82 Å². The van der Waals surface area contributed by atoms with E-state index >= 15 is 0 Å². The summed E-state index contributed by atoms with van der Waals surface area (Å²) in [6.07, 6.45) is 1.00. The minimum Gasteiger partial charge on any atom is -0.334 e. The molecule has 1 unspecified atom stereocenters. The van der Waals surface area contributed by atoms with Gasteiger partial charge < -0.3 is 4.57 Å². The third-order valence-electron chi connectivity index (χ3n) is 5.74. The first-order chi connectivity index (χ1) is 15.5. The van der Waals surface area contributed by atoms with E-state index in [2.05, 4.69) is 16.0 Å². The highest BCUT2D eigenvalue weighted by atomic mass is 35.5. The highest BCUT2D eigenvalue weighted by molar-refractivity contribution is 7.89. The van der Waals surface area contributed by atoms with Gasteiger partial charge in [-0.25, -0.2) is 18.4 Å². The fraction of sp³-hybridized carbons (Fsp3) is 0.381. The molecular weight excluding hydrogens is 479 g/mol. The van der Waals surface area contributed by atoms with Crippen molar-refractivity contribution in [3.8, 4) is 17.6 Å². The molecule has 0 spiro atoms. The van der Waals surface area contributed by atoms with Crippen LogP contribution >= 0.6 is 11.6 Å². The molecule has 7 nitrogen and oxygen atoms in total. The van der Waals surface area contributed by atoms with Crippen molar-refractivity contribution in [3.63, 3.8) is 0 Å². The van der Waals surface area contributed by atoms with Crippen molar-refractivity contribution in [2.24, 2.45) is 0 Å². The quantitative estimate of drug-likeness (QED) is 0.536. The van der Waals surface area contributed by atoms with Crippen molar-refractivity contribution in [2.75, 3.05) is 0 Å². The molecule has 1 aliphatic carbocycles. The molecule has 0 saturated heterocycles. The van der Waals surface area contributed by atoms with E-state index in [1.807, 2.05) is 10.6 Å². The van der Waals surface area contributed by atoms with Crippen LogP contribution in [0.5, 0.6) is 0 Å². The van der Waals surface area contributed by atoms with Gasteiger partial charge in [-0.3, -0.25) is 0 Å². The van der Waals surface area contributed by atoms with Crippen LogP contribution in [0, 0.1) is 11.3 Å². The summed E-state index contributed by atoms with van der Waals surface area (Å²) in [6, 6.07) is 5.24. The Morgan fingerprint density at radius 2 is 1.88 bits per heavy atom. The van der Waals surface area contributed by atoms with E-state index in [4.69, 9.17) is 11.6 Å². The number of aromatic nitrogens is 3. The summed E-state index contributed by atoms with van der Waals surface area (Å²) in [5, 5.41) is 11.0. The van der Waals surface area contributed by atoms with Crippen molar-refractivity contribution in [1.82, 2.24) is 19.3 Å². The highest BCUT2D eigenvalue weighted by Gasteiger charge is 2.39. The SMILES string of the molecule is CC(NS(=O)(=O)c1cnc(-c2c(C#N)c3cc(Cl)ccc3n2C2CCCC2)nc1)C(F)(F)F. The second kappa shape index (κ2) is 8.59. The van der Waals surface area contributed by atoms with Gasteiger partial charge in [0.1, 0.15) is 22.7 Å². The predicted octanol–water partition coefficient (Wildman–Crippen LogP) is 4.97. The van der Waals surface area contributed by atoms with Crippen LogP contribution in [0.25, 0.3) is 22.4 Å². The van der Waals surface area contributed by atoms with Crippen LogP contribution in [0.2, 0.25) is 5.02 Å². The summed E-state index contributed by atoms with van der Waals surface area (Å²) in [6.45, 7) is 0.705. The Morgan fingerprint density at radius 3 is 2.45 bits per heavy atom. The number of fused-ring (bicyclic) bond motifs is 1. The second-order valence-corrected chi connectivity index (χ2v) is 10.1. The van der Waals surface area contributed by atoms with Gasteiger partial charge in [0.25, 0.3) is 0 Å². The van der Waals surface area contributed by atoms with E-state index in [9.17, 15) is 26.9 Å². The number of nitrogens with zero attached hydrogens (tertiary/aromatic N) is 4. The first kappa shape index (κ1) is 23.5. The van der Waals surface area contributed by atoms with E-state index in [0.29, 0.717) is 28.6 Å². The van der Waals surface area contributed by atoms with E-state index in [1.165, 1.54) is 0 Å². The van der Waals surface area contributed by atoms with Crippen LogP contribution in [-0.2, 0) is 10.0 Å². The molecule has 4 rings (SSSR count). The fourth-order valence-electron chi connectivity index (χ4n) is 4.11. The van der Waals surface area contributed by atoms with E-state index in [1.54, 1.807) is 16.9 Å². The lowest BCUT2D eigenvalue weighted by atomic mass is 10.1. The number of halogens is 4. The monoisotopic (exact) mass is 497 g/mol. The largest absolute Gasteiger partial charge is 0.404 e. The average Bonchev–Trinajstić information content (AvgIpc) is 3.38. The molecule has 33 heavy (non-hydrogen) atoms. The zero-order chi connectivity index (χ0) is 24.0. The van der Waals surface area contributed by atoms with E-state index in [0.717, 1.165) is 43.6 Å². The molecule has 1 saturated carbocycles. The lowest BCUT2D eigenvalue weighted by molar-refractivity contribution is -0.147. The molecule has 1 atom stereocenters. The van der Waals surface area contributed by atoms with Gasteiger partial charge >= 0.3 is 6.18 Å². The topological polar surface area (TPSA) is 101 Å². The maximum atomic E-state index is 12.8. The standard InChI is InChI=1S/C21H19ClF3N5O2S/c1-12(21(23,24)25)29-33(31,32)15-10-27-20(28-11-15)19-17(9-26)16-8-13(22)6-7-18(16)30(19)14-4-2-3-5-14/h6-8,10-12,14,29H,2-5H2,1H3. The van der Waals surface area contributed by atoms with E-state index < -0.39 is 27.1 Å². The maximum absolute atomic E-state index is 12.8. The number of hydrogen-bond acceptors (Lipinski definition) is 5. The summed E-state index contributed by atoms with van der Waals surface area (Å²) in [5.41, 5.74) is 1.53. The fourth-order valence-corrected chi connectivity index (χ4v) is 5.40. The van der Waals surface area contributed by atoms with Gasteiger partial charge in [-0.1, -0.05) is 24.4 Å². The number of alkyl halides is 3. The first-order valence-corrected chi connectivity index (χ1v) is 12.0. The molecule has 3 aromatic rings. The lowest BCUT2D eigenvalue weighted by Gasteiger charge is -2.18. The number of benzene rings is 1. The van der Waals surface area contributed by atoms with Crippen LogP contribution < -0.4 is 4.72 Å². The van der Waals surface area contributed by atoms with Crippen molar-refractivity contribution in [1.29, 1.82) is 5.26 Å². The van der Waals surface area contributed by atoms with Gasteiger partial charge in [0.2, 0.25) is 10.0 Å². The minimum atomic E-state index is -4.74. The third-order valence-corrected chi connectivity index (χ3v) is 7.47. The number of nitrogens with one attached hydrogen (secondary N) is 1. The van der Waals surface area contributed by atoms with Crippen LogP contribution in [0.15, 0.2) is 35.5 Å². The van der Waals surface area contributed by atoms with Crippen LogP contribution in [0.4, 0.5) is 13.2 Å². The van der Waals surface area contributed by atoms with Crippen LogP contribution in [0.3, 0.4) is 0 Å². The molecule has 0 aliphatic heterocycles. The van der Waals surface area contributed by atoms with Crippen LogP contribution in [-0.4, -0.2) is 35.2 Å². The van der Waals surface area contributed by atoms with Crippen molar-refractivity contribution >= 4 is 32.5 Å². The summed E-state index contributed by atoms with van der Waals surface area (Å²) < 4.78 is 66.6. The maximum Gasteiger partial charge on any atom is 0.404 e. The molecule has 1 aromatic carbocycles. The number of hydrogen-bond donors (Lipinski definition) is 1. The predicted molar refractivity (Wildman–Crippen MR) is 116 cm³/mol. The third kappa shape index (κ3) is 4.43.